The molecule has 0 N–H and O–H groups in total. The minimum Gasteiger partial charge on any atom is -0.399 e. The summed E-state index contributed by atoms with van der Waals surface area (Å²) in [6, 6.07) is 14.1. The zero-order valence-corrected chi connectivity index (χ0v) is 20.5. The number of pyridine rings is 1. The highest BCUT2D eigenvalue weighted by Crippen LogP contribution is 2.37. The number of rotatable bonds is 3. The Balaban J connectivity index is 1.84. The van der Waals surface area contributed by atoms with Crippen molar-refractivity contribution in [2.24, 2.45) is 0 Å². The summed E-state index contributed by atoms with van der Waals surface area (Å²) in [6.45, 7) is 9.62. The average Bonchev–Trinajstić information content (AvgIpc) is 3.03. The van der Waals surface area contributed by atoms with Crippen LogP contribution in [0.3, 0.4) is 0 Å². The van der Waals surface area contributed by atoms with Gasteiger partial charge in [-0.15, -0.1) is 0 Å². The van der Waals surface area contributed by atoms with Crippen LogP contribution in [0, 0.1) is 13.7 Å². The molecule has 0 spiro atoms. The van der Waals surface area contributed by atoms with Crippen LogP contribution in [0.25, 0.3) is 22.4 Å². The summed E-state index contributed by atoms with van der Waals surface area (Å²) >= 11 is 0. The molecule has 1 aliphatic rings. The quantitative estimate of drug-likeness (QED) is 0.423. The van der Waals surface area contributed by atoms with Crippen LogP contribution in [0.2, 0.25) is 0 Å². The van der Waals surface area contributed by atoms with E-state index < -0.39 is 32.0 Å². The predicted molar refractivity (Wildman–Crippen MR) is 139 cm³/mol. The number of aromatic nitrogens is 1. The fraction of sp³-hybridized carbons (Fsp3) is 0.414. The molecule has 33 heavy (non-hydrogen) atoms. The Labute approximate surface area is 208 Å². The van der Waals surface area contributed by atoms with Crippen molar-refractivity contribution in [3.05, 3.63) is 71.4 Å². The van der Waals surface area contributed by atoms with Crippen molar-refractivity contribution < 1.29 is 17.5 Å². The number of benzene rings is 2. The smallest absolute Gasteiger partial charge is 0.399 e. The van der Waals surface area contributed by atoms with E-state index in [2.05, 4.69) is 37.9 Å². The van der Waals surface area contributed by atoms with Crippen LogP contribution in [0.15, 0.2) is 54.7 Å². The van der Waals surface area contributed by atoms with Crippen LogP contribution in [0.1, 0.15) is 73.4 Å². The molecule has 3 nitrogen and oxygen atoms in total. The van der Waals surface area contributed by atoms with E-state index in [4.69, 9.17) is 17.5 Å². The highest BCUT2D eigenvalue weighted by molar-refractivity contribution is 6.62. The molecule has 172 valence electrons. The van der Waals surface area contributed by atoms with E-state index in [0.717, 1.165) is 16.6 Å². The largest absolute Gasteiger partial charge is 0.494 e. The molecule has 2 heterocycles. The van der Waals surface area contributed by atoms with E-state index in [0.29, 0.717) is 16.8 Å². The Kier molecular flexibility index (Phi) is 4.20. The van der Waals surface area contributed by atoms with Gasteiger partial charge in [-0.1, -0.05) is 62.2 Å². The average molecular weight is 447 g/mol. The molecule has 0 unspecified atom stereocenters. The van der Waals surface area contributed by atoms with Crippen molar-refractivity contribution >= 4 is 12.6 Å². The Morgan fingerprint density at radius 1 is 0.788 bits per heavy atom. The van der Waals surface area contributed by atoms with Crippen LogP contribution in [0.5, 0.6) is 0 Å². The van der Waals surface area contributed by atoms with Crippen LogP contribution in [-0.4, -0.2) is 23.3 Å². The van der Waals surface area contributed by atoms with Gasteiger partial charge in [0.1, 0.15) is 0 Å². The van der Waals surface area contributed by atoms with Gasteiger partial charge in [0.15, 0.2) is 0 Å². The molecule has 0 radical (unpaired) electrons. The molecule has 1 fully saturated rings. The van der Waals surface area contributed by atoms with Gasteiger partial charge in [0.25, 0.3) is 0 Å². The Bertz CT molecular complexity index is 1340. The molecule has 4 heteroatoms. The molecule has 0 saturated carbocycles. The summed E-state index contributed by atoms with van der Waals surface area (Å²) < 4.78 is 59.9. The Hall–Kier alpha value is -2.43. The second kappa shape index (κ2) is 8.11. The molecule has 0 bridgehead atoms. The lowest BCUT2D eigenvalue weighted by Gasteiger charge is -2.32. The van der Waals surface area contributed by atoms with Crippen molar-refractivity contribution in [1.82, 2.24) is 4.98 Å². The normalized spacial score (nSPS) is 20.9. The molecular formula is C29H36BNO2. The third-order valence-electron chi connectivity index (χ3n) is 6.67. The zero-order valence-electron chi connectivity index (χ0n) is 26.5. The first-order chi connectivity index (χ1) is 17.7. The predicted octanol–water partition coefficient (Wildman–Crippen LogP) is 6.63. The Morgan fingerprint density at radius 3 is 2.00 bits per heavy atom. The van der Waals surface area contributed by atoms with Crippen molar-refractivity contribution in [2.45, 2.75) is 78.8 Å². The van der Waals surface area contributed by atoms with Gasteiger partial charge in [0.05, 0.1) is 16.9 Å². The van der Waals surface area contributed by atoms with Gasteiger partial charge in [-0.2, -0.15) is 0 Å². The van der Waals surface area contributed by atoms with E-state index in [1.54, 1.807) is 12.3 Å². The lowest BCUT2D eigenvalue weighted by molar-refractivity contribution is 0.00578. The van der Waals surface area contributed by atoms with E-state index in [-0.39, 0.29) is 16.5 Å². The second-order valence-electron chi connectivity index (χ2n) is 10.9. The van der Waals surface area contributed by atoms with Gasteiger partial charge < -0.3 is 9.31 Å². The Morgan fingerprint density at radius 2 is 1.42 bits per heavy atom. The first-order valence-electron chi connectivity index (χ1n) is 14.3. The third kappa shape index (κ3) is 4.78. The first-order valence-corrected chi connectivity index (χ1v) is 11.3. The van der Waals surface area contributed by atoms with E-state index in [1.807, 2.05) is 39.8 Å². The van der Waals surface area contributed by atoms with E-state index in [1.165, 1.54) is 18.2 Å². The molecular weight excluding hydrogens is 405 g/mol. The van der Waals surface area contributed by atoms with E-state index >= 15 is 0 Å². The molecule has 1 saturated heterocycles. The van der Waals surface area contributed by atoms with E-state index in [9.17, 15) is 0 Å². The van der Waals surface area contributed by atoms with Crippen LogP contribution >= 0.6 is 0 Å². The lowest BCUT2D eigenvalue weighted by Crippen LogP contribution is -2.41. The maximum atomic E-state index is 7.87. The van der Waals surface area contributed by atoms with Crippen molar-refractivity contribution in [2.75, 3.05) is 0 Å². The molecule has 0 atom stereocenters. The maximum absolute atomic E-state index is 7.87. The van der Waals surface area contributed by atoms with Gasteiger partial charge in [-0.3, -0.25) is 4.98 Å². The van der Waals surface area contributed by atoms with Gasteiger partial charge in [-0.05, 0) is 87.2 Å². The monoisotopic (exact) mass is 447 g/mol. The molecule has 2 aromatic carbocycles. The van der Waals surface area contributed by atoms with Crippen molar-refractivity contribution in [3.63, 3.8) is 0 Å². The topological polar surface area (TPSA) is 31.4 Å². The number of aryl methyl sites for hydroxylation is 2. The maximum Gasteiger partial charge on any atom is 0.494 e. The number of hydrogen-bond donors (Lipinski definition) is 0. The second-order valence-corrected chi connectivity index (χ2v) is 10.9. The van der Waals surface area contributed by atoms with Crippen molar-refractivity contribution in [1.29, 1.82) is 0 Å². The fourth-order valence-electron chi connectivity index (χ4n) is 3.91. The summed E-state index contributed by atoms with van der Waals surface area (Å²) in [4.78, 5) is 4.62. The number of hydrogen-bond acceptors (Lipinski definition) is 3. The standard InChI is InChI=1S/C29H36BNO2/c1-19-12-20(2)14-22(13-19)21-10-11-31-26(17-21)23-15-24(27(3,4)5)18-25(16-23)30-32-28(6,7)29(8,9)33-30/h10-18H,1-9H3/i1D3,2D3. The fourth-order valence-corrected chi connectivity index (χ4v) is 3.91. The summed E-state index contributed by atoms with van der Waals surface area (Å²) in [5, 5.41) is 0. The molecule has 3 aromatic rings. The first kappa shape index (κ1) is 17.1. The SMILES string of the molecule is [2H]C([2H])([2H])c1cc(-c2ccnc(-c3cc(B4OC(C)(C)C(C)(C)O4)cc(C(C)(C)C)c3)c2)cc(C([2H])([2H])[2H])c1. The summed E-state index contributed by atoms with van der Waals surface area (Å²) in [6.07, 6.45) is 1.65. The third-order valence-corrected chi connectivity index (χ3v) is 6.67. The minimum absolute atomic E-state index is 0.0118. The van der Waals surface area contributed by atoms with Gasteiger partial charge in [0, 0.05) is 20.0 Å². The van der Waals surface area contributed by atoms with Gasteiger partial charge in [-0.25, -0.2) is 0 Å². The van der Waals surface area contributed by atoms with Crippen molar-refractivity contribution in [3.8, 4) is 22.4 Å². The molecule has 0 amide bonds. The summed E-state index contributed by atoms with van der Waals surface area (Å²) in [5.74, 6) is 0. The molecule has 0 aliphatic carbocycles. The minimum atomic E-state index is -2.44. The van der Waals surface area contributed by atoms with Gasteiger partial charge in [0.2, 0.25) is 0 Å². The van der Waals surface area contributed by atoms with Crippen LogP contribution in [-0.2, 0) is 14.7 Å². The molecule has 1 aromatic heterocycles. The molecule has 4 rings (SSSR count). The molecule has 1 aliphatic heterocycles. The highest BCUT2D eigenvalue weighted by Gasteiger charge is 2.51. The van der Waals surface area contributed by atoms with Crippen LogP contribution < -0.4 is 5.46 Å². The summed E-state index contributed by atoms with van der Waals surface area (Å²) in [7, 11) is -0.544. The van der Waals surface area contributed by atoms with Gasteiger partial charge >= 0.3 is 7.12 Å². The lowest BCUT2D eigenvalue weighted by atomic mass is 9.74. The zero-order chi connectivity index (χ0) is 29.2. The number of nitrogens with zero attached hydrogens (tertiary/aromatic N) is 1. The highest BCUT2D eigenvalue weighted by atomic mass is 16.7. The summed E-state index contributed by atoms with van der Waals surface area (Å²) in [5.41, 5.74) is 3.54. The van der Waals surface area contributed by atoms with Crippen LogP contribution in [0.4, 0.5) is 0 Å².